The molecule has 0 bridgehead atoms. The van der Waals surface area contributed by atoms with Crippen LogP contribution >= 0.6 is 11.8 Å². The SMILES string of the molecule is Cc1n[nH]c(C)c1NC(=O)CSC(=N)N. The highest BCUT2D eigenvalue weighted by Crippen LogP contribution is 2.16. The number of anilines is 1. The molecule has 0 spiro atoms. The third kappa shape index (κ3) is 3.28. The molecule has 0 aliphatic rings. The Morgan fingerprint density at radius 2 is 2.33 bits per heavy atom. The molecule has 1 heterocycles. The van der Waals surface area contributed by atoms with Gasteiger partial charge in [0.2, 0.25) is 5.91 Å². The minimum absolute atomic E-state index is 0.0641. The maximum Gasteiger partial charge on any atom is 0.234 e. The first kappa shape index (κ1) is 11.6. The van der Waals surface area contributed by atoms with E-state index in [-0.39, 0.29) is 16.8 Å². The Kier molecular flexibility index (Phi) is 3.73. The maximum atomic E-state index is 11.4. The summed E-state index contributed by atoms with van der Waals surface area (Å²) in [5.74, 6) is -0.0536. The third-order valence-corrected chi connectivity index (χ3v) is 2.47. The van der Waals surface area contributed by atoms with E-state index in [4.69, 9.17) is 11.1 Å². The summed E-state index contributed by atoms with van der Waals surface area (Å²) in [6.07, 6.45) is 0. The first-order valence-corrected chi connectivity index (χ1v) is 5.27. The van der Waals surface area contributed by atoms with E-state index < -0.39 is 0 Å². The lowest BCUT2D eigenvalue weighted by atomic mass is 10.3. The number of amidine groups is 1. The number of hydrogen-bond donors (Lipinski definition) is 4. The number of nitrogens with two attached hydrogens (primary N) is 1. The van der Waals surface area contributed by atoms with Crippen molar-refractivity contribution in [2.24, 2.45) is 5.73 Å². The van der Waals surface area contributed by atoms with E-state index >= 15 is 0 Å². The summed E-state index contributed by atoms with van der Waals surface area (Å²) in [5.41, 5.74) is 7.38. The zero-order valence-electron chi connectivity index (χ0n) is 8.55. The van der Waals surface area contributed by atoms with E-state index in [2.05, 4.69) is 15.5 Å². The summed E-state index contributed by atoms with van der Waals surface area (Å²) in [6.45, 7) is 3.63. The van der Waals surface area contributed by atoms with Gasteiger partial charge in [-0.3, -0.25) is 15.3 Å². The van der Waals surface area contributed by atoms with Crippen LogP contribution in [-0.2, 0) is 4.79 Å². The zero-order valence-corrected chi connectivity index (χ0v) is 9.36. The van der Waals surface area contributed by atoms with E-state index in [1.165, 1.54) is 0 Å². The van der Waals surface area contributed by atoms with Gasteiger partial charge in [-0.15, -0.1) is 0 Å². The second-order valence-electron chi connectivity index (χ2n) is 3.01. The van der Waals surface area contributed by atoms with Crippen LogP contribution < -0.4 is 11.1 Å². The number of nitrogens with zero attached hydrogens (tertiary/aromatic N) is 1. The molecule has 15 heavy (non-hydrogen) atoms. The number of carbonyl (C=O) groups is 1. The number of H-pyrrole nitrogens is 1. The maximum absolute atomic E-state index is 11.4. The highest BCUT2D eigenvalue weighted by Gasteiger charge is 2.10. The summed E-state index contributed by atoms with van der Waals surface area (Å²) in [5, 5.41) is 16.3. The van der Waals surface area contributed by atoms with Crippen molar-refractivity contribution in [3.8, 4) is 0 Å². The standard InChI is InChI=1S/C8H13N5OS/c1-4-7(5(2)13-12-4)11-6(14)3-15-8(9)10/h3H2,1-2H3,(H3,9,10)(H,11,14)(H,12,13). The fourth-order valence-corrected chi connectivity index (χ4v) is 1.41. The molecule has 5 N–H and O–H groups in total. The average Bonchev–Trinajstić information content (AvgIpc) is 2.46. The summed E-state index contributed by atoms with van der Waals surface area (Å²) in [6, 6.07) is 0. The monoisotopic (exact) mass is 227 g/mol. The molecular formula is C8H13N5OS. The molecule has 0 aromatic carbocycles. The quantitative estimate of drug-likeness (QED) is 0.447. The van der Waals surface area contributed by atoms with Gasteiger partial charge in [-0.05, 0) is 13.8 Å². The van der Waals surface area contributed by atoms with E-state index in [9.17, 15) is 4.79 Å². The van der Waals surface area contributed by atoms with Gasteiger partial charge in [0.25, 0.3) is 0 Å². The first-order valence-electron chi connectivity index (χ1n) is 4.29. The van der Waals surface area contributed by atoms with Crippen LogP contribution in [0.15, 0.2) is 0 Å². The molecule has 1 amide bonds. The van der Waals surface area contributed by atoms with Crippen molar-refractivity contribution in [1.29, 1.82) is 5.41 Å². The molecule has 0 radical (unpaired) electrons. The molecule has 1 aromatic rings. The van der Waals surface area contributed by atoms with Crippen molar-refractivity contribution in [2.45, 2.75) is 13.8 Å². The third-order valence-electron chi connectivity index (χ3n) is 1.75. The fraction of sp³-hybridized carbons (Fsp3) is 0.375. The molecule has 0 atom stereocenters. The smallest absolute Gasteiger partial charge is 0.234 e. The molecule has 1 aromatic heterocycles. The molecule has 0 saturated carbocycles. The summed E-state index contributed by atoms with van der Waals surface area (Å²) in [7, 11) is 0. The molecule has 7 heteroatoms. The predicted molar refractivity (Wildman–Crippen MR) is 61.1 cm³/mol. The summed E-state index contributed by atoms with van der Waals surface area (Å²) in [4.78, 5) is 11.4. The predicted octanol–water partition coefficient (Wildman–Crippen LogP) is 0.592. The number of aryl methyl sites for hydroxylation is 2. The Bertz CT molecular complexity index is 367. The van der Waals surface area contributed by atoms with Crippen molar-refractivity contribution >= 4 is 28.5 Å². The van der Waals surface area contributed by atoms with Crippen LogP contribution in [0.5, 0.6) is 0 Å². The summed E-state index contributed by atoms with van der Waals surface area (Å²) < 4.78 is 0. The van der Waals surface area contributed by atoms with Crippen LogP contribution in [0.3, 0.4) is 0 Å². The number of hydrogen-bond acceptors (Lipinski definition) is 4. The van der Waals surface area contributed by atoms with Crippen molar-refractivity contribution < 1.29 is 4.79 Å². The van der Waals surface area contributed by atoms with Crippen LogP contribution in [0, 0.1) is 19.3 Å². The topological polar surface area (TPSA) is 108 Å². The van der Waals surface area contributed by atoms with Gasteiger partial charge in [-0.25, -0.2) is 0 Å². The number of carbonyl (C=O) groups excluding carboxylic acids is 1. The largest absolute Gasteiger partial charge is 0.379 e. The number of aromatic amines is 1. The normalized spacial score (nSPS) is 10.0. The highest BCUT2D eigenvalue weighted by molar-refractivity contribution is 8.14. The van der Waals surface area contributed by atoms with E-state index in [0.717, 1.165) is 23.1 Å². The van der Waals surface area contributed by atoms with Crippen molar-refractivity contribution in [3.05, 3.63) is 11.4 Å². The highest BCUT2D eigenvalue weighted by atomic mass is 32.2. The number of rotatable bonds is 3. The van der Waals surface area contributed by atoms with Crippen molar-refractivity contribution in [3.63, 3.8) is 0 Å². The van der Waals surface area contributed by atoms with Gasteiger partial charge in [0.1, 0.15) is 0 Å². The Morgan fingerprint density at radius 1 is 1.67 bits per heavy atom. The Labute approximate surface area is 91.5 Å². The number of thioether (sulfide) groups is 1. The minimum atomic E-state index is -0.192. The molecule has 0 unspecified atom stereocenters. The van der Waals surface area contributed by atoms with Gasteiger partial charge in [0.05, 0.1) is 22.8 Å². The number of nitrogens with one attached hydrogen (secondary N) is 3. The fourth-order valence-electron chi connectivity index (χ4n) is 1.05. The van der Waals surface area contributed by atoms with Gasteiger partial charge in [0, 0.05) is 0 Å². The van der Waals surface area contributed by atoms with E-state index in [0.29, 0.717) is 5.69 Å². The Morgan fingerprint density at radius 3 is 2.80 bits per heavy atom. The molecule has 1 rings (SSSR count). The van der Waals surface area contributed by atoms with E-state index in [1.54, 1.807) is 6.92 Å². The van der Waals surface area contributed by atoms with Crippen LogP contribution in [0.25, 0.3) is 0 Å². The first-order chi connectivity index (χ1) is 7.00. The molecule has 6 nitrogen and oxygen atoms in total. The Hall–Kier alpha value is -1.50. The summed E-state index contributed by atoms with van der Waals surface area (Å²) >= 11 is 0.991. The Balaban J connectivity index is 2.55. The van der Waals surface area contributed by atoms with Gasteiger partial charge < -0.3 is 11.1 Å². The molecular weight excluding hydrogens is 214 g/mol. The van der Waals surface area contributed by atoms with Crippen molar-refractivity contribution in [2.75, 3.05) is 11.1 Å². The molecule has 0 saturated heterocycles. The van der Waals surface area contributed by atoms with Gasteiger partial charge in [0.15, 0.2) is 5.17 Å². The lowest BCUT2D eigenvalue weighted by Gasteiger charge is -2.03. The minimum Gasteiger partial charge on any atom is -0.379 e. The van der Waals surface area contributed by atoms with Crippen molar-refractivity contribution in [1.82, 2.24) is 10.2 Å². The molecule has 0 fully saturated rings. The number of aromatic nitrogens is 2. The van der Waals surface area contributed by atoms with Crippen LogP contribution in [0.2, 0.25) is 0 Å². The van der Waals surface area contributed by atoms with Crippen LogP contribution in [0.1, 0.15) is 11.4 Å². The number of amides is 1. The van der Waals surface area contributed by atoms with Gasteiger partial charge in [-0.1, -0.05) is 11.8 Å². The molecule has 82 valence electrons. The van der Waals surface area contributed by atoms with Crippen LogP contribution in [-0.4, -0.2) is 27.0 Å². The van der Waals surface area contributed by atoms with Gasteiger partial charge >= 0.3 is 0 Å². The lowest BCUT2D eigenvalue weighted by molar-refractivity contribution is -0.113. The second-order valence-corrected chi connectivity index (χ2v) is 4.03. The van der Waals surface area contributed by atoms with Crippen LogP contribution in [0.4, 0.5) is 5.69 Å². The lowest BCUT2D eigenvalue weighted by Crippen LogP contribution is -2.17. The average molecular weight is 227 g/mol. The molecule has 0 aliphatic carbocycles. The van der Waals surface area contributed by atoms with E-state index in [1.807, 2.05) is 6.92 Å². The zero-order chi connectivity index (χ0) is 11.4. The molecule has 0 aliphatic heterocycles. The van der Waals surface area contributed by atoms with Gasteiger partial charge in [-0.2, -0.15) is 5.10 Å². The second kappa shape index (κ2) is 4.83.